The summed E-state index contributed by atoms with van der Waals surface area (Å²) in [5, 5.41) is 3.22. The smallest absolute Gasteiger partial charge is 0.239 e. The molecule has 16 heavy (non-hydrogen) atoms. The minimum atomic E-state index is 0.290. The van der Waals surface area contributed by atoms with Gasteiger partial charge in [0, 0.05) is 19.3 Å². The molecule has 1 atom stereocenters. The van der Waals surface area contributed by atoms with Crippen LogP contribution in [0.1, 0.15) is 19.3 Å². The van der Waals surface area contributed by atoms with Crippen LogP contribution in [0.4, 0.5) is 11.8 Å². The molecule has 1 aromatic rings. The highest BCUT2D eigenvalue weighted by Crippen LogP contribution is 2.13. The monoisotopic (exact) mass is 223 g/mol. The lowest BCUT2D eigenvalue weighted by Crippen LogP contribution is -2.27. The van der Waals surface area contributed by atoms with Crippen molar-refractivity contribution in [1.29, 1.82) is 0 Å². The lowest BCUT2D eigenvalue weighted by Gasteiger charge is -2.22. The van der Waals surface area contributed by atoms with Gasteiger partial charge in [-0.05, 0) is 25.3 Å². The molecule has 0 bridgehead atoms. The Kier molecular flexibility index (Phi) is 3.90. The number of aromatic nitrogens is 2. The molecule has 2 heterocycles. The topological polar surface area (TPSA) is 85.1 Å². The van der Waals surface area contributed by atoms with Crippen molar-refractivity contribution in [3.63, 3.8) is 0 Å². The number of hydrogen-bond donors (Lipinski definition) is 3. The Hall–Kier alpha value is -1.40. The molecule has 1 aliphatic rings. The fraction of sp³-hybridized carbons (Fsp3) is 0.600. The number of ether oxygens (including phenoxy) is 1. The fourth-order valence-corrected chi connectivity index (χ4v) is 1.71. The van der Waals surface area contributed by atoms with E-state index in [1.165, 1.54) is 12.8 Å². The van der Waals surface area contributed by atoms with Gasteiger partial charge in [-0.3, -0.25) is 5.43 Å². The lowest BCUT2D eigenvalue weighted by molar-refractivity contribution is 0.0247. The average molecular weight is 223 g/mol. The van der Waals surface area contributed by atoms with Crippen LogP contribution < -0.4 is 16.6 Å². The average Bonchev–Trinajstić information content (AvgIpc) is 2.38. The second-order valence-electron chi connectivity index (χ2n) is 3.78. The molecule has 1 aliphatic heterocycles. The Morgan fingerprint density at radius 2 is 2.44 bits per heavy atom. The molecule has 6 heteroatoms. The standard InChI is InChI=1S/C10H17N5O/c11-15-10-12-5-4-9(14-10)13-7-8-3-1-2-6-16-8/h4-5,8H,1-3,6-7,11H2,(H2,12,13,14,15). The third kappa shape index (κ3) is 3.04. The summed E-state index contributed by atoms with van der Waals surface area (Å²) in [6.07, 6.45) is 5.47. The van der Waals surface area contributed by atoms with Gasteiger partial charge in [-0.1, -0.05) is 0 Å². The van der Waals surface area contributed by atoms with Crippen LogP contribution in [0.15, 0.2) is 12.3 Å². The van der Waals surface area contributed by atoms with Crippen molar-refractivity contribution in [1.82, 2.24) is 9.97 Å². The number of nitrogens with one attached hydrogen (secondary N) is 2. The molecule has 1 fully saturated rings. The summed E-state index contributed by atoms with van der Waals surface area (Å²) in [5.41, 5.74) is 2.41. The number of rotatable bonds is 4. The lowest BCUT2D eigenvalue weighted by atomic mass is 10.1. The van der Waals surface area contributed by atoms with Crippen LogP contribution in [0.3, 0.4) is 0 Å². The van der Waals surface area contributed by atoms with Gasteiger partial charge in [-0.25, -0.2) is 10.8 Å². The van der Waals surface area contributed by atoms with Crippen LogP contribution in [0.25, 0.3) is 0 Å². The minimum absolute atomic E-state index is 0.290. The molecular weight excluding hydrogens is 206 g/mol. The van der Waals surface area contributed by atoms with E-state index in [4.69, 9.17) is 10.6 Å². The molecule has 0 saturated carbocycles. The molecule has 1 unspecified atom stereocenters. The highest BCUT2D eigenvalue weighted by Gasteiger charge is 2.13. The fourth-order valence-electron chi connectivity index (χ4n) is 1.71. The van der Waals surface area contributed by atoms with Crippen LogP contribution in [-0.4, -0.2) is 29.2 Å². The number of hydrazine groups is 1. The number of hydrogen-bond acceptors (Lipinski definition) is 6. The number of anilines is 2. The van der Waals surface area contributed by atoms with Gasteiger partial charge in [-0.15, -0.1) is 0 Å². The molecule has 1 aromatic heterocycles. The van der Waals surface area contributed by atoms with Crippen molar-refractivity contribution in [2.75, 3.05) is 23.9 Å². The van der Waals surface area contributed by atoms with Gasteiger partial charge >= 0.3 is 0 Å². The van der Waals surface area contributed by atoms with Crippen LogP contribution in [0.2, 0.25) is 0 Å². The highest BCUT2D eigenvalue weighted by molar-refractivity contribution is 5.38. The molecule has 0 aromatic carbocycles. The van der Waals surface area contributed by atoms with E-state index < -0.39 is 0 Å². The first-order valence-corrected chi connectivity index (χ1v) is 5.53. The number of nitrogens with zero attached hydrogens (tertiary/aromatic N) is 2. The third-order valence-electron chi connectivity index (χ3n) is 2.57. The molecule has 1 saturated heterocycles. The summed E-state index contributed by atoms with van der Waals surface area (Å²) in [5.74, 6) is 6.40. The molecular formula is C10H17N5O. The molecule has 0 amide bonds. The Morgan fingerprint density at radius 3 is 3.19 bits per heavy atom. The van der Waals surface area contributed by atoms with Crippen LogP contribution in [-0.2, 0) is 4.74 Å². The van der Waals surface area contributed by atoms with Crippen molar-refractivity contribution in [2.45, 2.75) is 25.4 Å². The van der Waals surface area contributed by atoms with E-state index in [0.717, 1.165) is 25.4 Å². The third-order valence-corrected chi connectivity index (χ3v) is 2.57. The van der Waals surface area contributed by atoms with Gasteiger partial charge in [-0.2, -0.15) is 4.98 Å². The number of nitrogen functional groups attached to an aromatic ring is 1. The summed E-state index contributed by atoms with van der Waals surface area (Å²) < 4.78 is 5.61. The predicted molar refractivity (Wildman–Crippen MR) is 61.9 cm³/mol. The van der Waals surface area contributed by atoms with Gasteiger partial charge in [0.1, 0.15) is 5.82 Å². The van der Waals surface area contributed by atoms with E-state index in [1.807, 2.05) is 6.07 Å². The largest absolute Gasteiger partial charge is 0.376 e. The summed E-state index contributed by atoms with van der Waals surface area (Å²) >= 11 is 0. The van der Waals surface area contributed by atoms with Crippen molar-refractivity contribution in [2.24, 2.45) is 5.84 Å². The van der Waals surface area contributed by atoms with E-state index in [1.54, 1.807) is 6.20 Å². The second kappa shape index (κ2) is 5.62. The predicted octanol–water partition coefficient (Wildman–Crippen LogP) is 0.743. The van der Waals surface area contributed by atoms with E-state index in [9.17, 15) is 0 Å². The normalized spacial score (nSPS) is 20.4. The first-order chi connectivity index (χ1) is 7.88. The maximum Gasteiger partial charge on any atom is 0.239 e. The Morgan fingerprint density at radius 1 is 1.50 bits per heavy atom. The molecule has 2 rings (SSSR count). The summed E-state index contributed by atoms with van der Waals surface area (Å²) in [4.78, 5) is 8.10. The van der Waals surface area contributed by atoms with Gasteiger partial charge in [0.2, 0.25) is 5.95 Å². The van der Waals surface area contributed by atoms with Gasteiger partial charge in [0.25, 0.3) is 0 Å². The van der Waals surface area contributed by atoms with Crippen molar-refractivity contribution >= 4 is 11.8 Å². The molecule has 4 N–H and O–H groups in total. The van der Waals surface area contributed by atoms with E-state index in [0.29, 0.717) is 5.95 Å². The van der Waals surface area contributed by atoms with E-state index in [-0.39, 0.29) is 6.10 Å². The second-order valence-corrected chi connectivity index (χ2v) is 3.78. The Bertz CT molecular complexity index is 327. The highest BCUT2D eigenvalue weighted by atomic mass is 16.5. The zero-order valence-electron chi connectivity index (χ0n) is 9.15. The molecule has 6 nitrogen and oxygen atoms in total. The molecule has 0 radical (unpaired) electrons. The van der Waals surface area contributed by atoms with Gasteiger partial charge in [0.15, 0.2) is 0 Å². The van der Waals surface area contributed by atoms with Crippen LogP contribution >= 0.6 is 0 Å². The first kappa shape index (κ1) is 11.1. The molecule has 0 aliphatic carbocycles. The zero-order valence-corrected chi connectivity index (χ0v) is 9.15. The van der Waals surface area contributed by atoms with E-state index in [2.05, 4.69) is 20.7 Å². The molecule has 88 valence electrons. The van der Waals surface area contributed by atoms with Crippen LogP contribution in [0, 0.1) is 0 Å². The molecule has 0 spiro atoms. The van der Waals surface area contributed by atoms with Crippen LogP contribution in [0.5, 0.6) is 0 Å². The summed E-state index contributed by atoms with van der Waals surface area (Å²) in [6.45, 7) is 1.65. The SMILES string of the molecule is NNc1nccc(NCC2CCCCO2)n1. The van der Waals surface area contributed by atoms with Gasteiger partial charge < -0.3 is 10.1 Å². The van der Waals surface area contributed by atoms with E-state index >= 15 is 0 Å². The Balaban J connectivity index is 1.83. The zero-order chi connectivity index (χ0) is 11.2. The Labute approximate surface area is 94.6 Å². The van der Waals surface area contributed by atoms with Crippen molar-refractivity contribution in [3.8, 4) is 0 Å². The number of nitrogens with two attached hydrogens (primary N) is 1. The summed E-state index contributed by atoms with van der Waals surface area (Å²) in [7, 11) is 0. The van der Waals surface area contributed by atoms with Crippen molar-refractivity contribution < 1.29 is 4.74 Å². The maximum atomic E-state index is 5.61. The first-order valence-electron chi connectivity index (χ1n) is 5.53. The quantitative estimate of drug-likeness (QED) is 0.516. The van der Waals surface area contributed by atoms with Crippen molar-refractivity contribution in [3.05, 3.63) is 12.3 Å². The minimum Gasteiger partial charge on any atom is -0.376 e. The maximum absolute atomic E-state index is 5.61. The van der Waals surface area contributed by atoms with Gasteiger partial charge in [0.05, 0.1) is 6.10 Å². The summed E-state index contributed by atoms with van der Waals surface area (Å²) in [6, 6.07) is 1.81.